The van der Waals surface area contributed by atoms with E-state index in [0.29, 0.717) is 12.3 Å². The van der Waals surface area contributed by atoms with Crippen molar-refractivity contribution in [3.05, 3.63) is 29.8 Å². The fraction of sp³-hybridized carbons (Fsp3) is 0.704. The Morgan fingerprint density at radius 3 is 2.27 bits per heavy atom. The second-order valence-electron chi connectivity index (χ2n) is 11.2. The number of carbonyl (C=O) groups excluding carboxylic acids is 1. The van der Waals surface area contributed by atoms with Gasteiger partial charge in [0.15, 0.2) is 5.17 Å². The smallest absolute Gasteiger partial charge is 0.226 e. The Morgan fingerprint density at radius 2 is 1.73 bits per heavy atom. The van der Waals surface area contributed by atoms with Crippen molar-refractivity contribution >= 4 is 40.9 Å². The maximum Gasteiger partial charge on any atom is 0.226 e. The summed E-state index contributed by atoms with van der Waals surface area (Å²) in [5.74, 6) is 4.35. The molecule has 1 unspecified atom stereocenters. The monoisotopic (exact) mass is 489 g/mol. The molecule has 1 N–H and O–H groups in total. The molecule has 0 radical (unpaired) electrons. The molecule has 6 rings (SSSR count). The maximum absolute atomic E-state index is 12.9. The van der Waals surface area contributed by atoms with E-state index in [2.05, 4.69) is 43.1 Å². The van der Waals surface area contributed by atoms with Crippen molar-refractivity contribution in [2.45, 2.75) is 89.6 Å². The molecule has 5 aliphatic rings. The van der Waals surface area contributed by atoms with Crippen LogP contribution in [0.2, 0.25) is 0 Å². The van der Waals surface area contributed by atoms with Gasteiger partial charge in [0.05, 0.1) is 5.54 Å². The number of halogens is 1. The number of amides is 1. The van der Waals surface area contributed by atoms with Gasteiger partial charge < -0.3 is 10.2 Å². The molecule has 1 aromatic rings. The van der Waals surface area contributed by atoms with Crippen LogP contribution in [0.3, 0.4) is 0 Å². The van der Waals surface area contributed by atoms with Gasteiger partial charge in [-0.15, -0.1) is 12.4 Å². The molecule has 1 amide bonds. The molecule has 1 atom stereocenters. The summed E-state index contributed by atoms with van der Waals surface area (Å²) in [6.45, 7) is 7.62. The number of nitrogens with zero attached hydrogens (tertiary/aromatic N) is 2. The first-order valence-corrected chi connectivity index (χ1v) is 13.8. The van der Waals surface area contributed by atoms with Gasteiger partial charge in [0.1, 0.15) is 0 Å². The van der Waals surface area contributed by atoms with Gasteiger partial charge in [-0.1, -0.05) is 44.7 Å². The minimum atomic E-state index is 0. The summed E-state index contributed by atoms with van der Waals surface area (Å²) in [6.07, 6.45) is 9.92. The molecule has 182 valence electrons. The molecule has 1 aromatic carbocycles. The number of amidine groups is 1. The average molecular weight is 490 g/mol. The van der Waals surface area contributed by atoms with Gasteiger partial charge in [0.25, 0.3) is 0 Å². The molecule has 5 fully saturated rings. The van der Waals surface area contributed by atoms with Crippen LogP contribution in [-0.2, 0) is 4.79 Å². The van der Waals surface area contributed by atoms with Crippen molar-refractivity contribution in [1.82, 2.24) is 4.90 Å². The SMILES string of the molecule is CCCN1C(=NC23CC4CC(CC(C4)C2)C3)SCC1CC(=O)Nc1ccc(C(C)C)cc1.Cl. The molecule has 4 bridgehead atoms. The number of thioether (sulfide) groups is 1. The third-order valence-corrected chi connectivity index (χ3v) is 9.31. The van der Waals surface area contributed by atoms with Crippen LogP contribution in [0.4, 0.5) is 5.69 Å². The molecule has 1 saturated heterocycles. The first-order chi connectivity index (χ1) is 15.4. The molecule has 4 saturated carbocycles. The third kappa shape index (κ3) is 5.40. The maximum atomic E-state index is 12.9. The molecule has 1 aliphatic heterocycles. The van der Waals surface area contributed by atoms with E-state index >= 15 is 0 Å². The number of carbonyl (C=O) groups is 1. The van der Waals surface area contributed by atoms with Crippen molar-refractivity contribution in [2.75, 3.05) is 17.6 Å². The standard InChI is InChI=1S/C27H39N3OS.ClH/c1-4-9-30-24(13-25(31)28-23-7-5-22(6-8-23)18(2)3)17-32-26(30)29-27-14-19-10-20(15-27)12-21(11-19)16-27;/h5-8,18-21,24H,4,9-17H2,1-3H3,(H,28,31);1H. The zero-order valence-corrected chi connectivity index (χ0v) is 22.0. The van der Waals surface area contributed by atoms with Gasteiger partial charge in [-0.05, 0) is 86.3 Å². The Hall–Kier alpha value is -1.20. The number of nitrogens with one attached hydrogen (secondary N) is 1. The van der Waals surface area contributed by atoms with Crippen LogP contribution in [0, 0.1) is 17.8 Å². The lowest BCUT2D eigenvalue weighted by Crippen LogP contribution is -2.50. The van der Waals surface area contributed by atoms with Crippen molar-refractivity contribution in [3.63, 3.8) is 0 Å². The second-order valence-corrected chi connectivity index (χ2v) is 12.2. The van der Waals surface area contributed by atoms with Crippen LogP contribution in [0.1, 0.15) is 83.6 Å². The van der Waals surface area contributed by atoms with E-state index in [9.17, 15) is 4.79 Å². The Labute approximate surface area is 210 Å². The number of rotatable bonds is 7. The molecule has 0 aromatic heterocycles. The lowest BCUT2D eigenvalue weighted by Gasteiger charge is -2.55. The largest absolute Gasteiger partial charge is 0.347 e. The Kier molecular flexibility index (Phi) is 7.69. The van der Waals surface area contributed by atoms with Crippen molar-refractivity contribution in [3.8, 4) is 0 Å². The summed E-state index contributed by atoms with van der Waals surface area (Å²) in [7, 11) is 0. The minimum Gasteiger partial charge on any atom is -0.347 e. The van der Waals surface area contributed by atoms with E-state index in [1.165, 1.54) is 49.3 Å². The number of aliphatic imine (C=N–C) groups is 1. The van der Waals surface area contributed by atoms with Crippen LogP contribution in [0.25, 0.3) is 0 Å². The highest BCUT2D eigenvalue weighted by molar-refractivity contribution is 8.14. The third-order valence-electron chi connectivity index (χ3n) is 8.18. The lowest BCUT2D eigenvalue weighted by molar-refractivity contribution is -0.116. The van der Waals surface area contributed by atoms with Crippen LogP contribution in [0.15, 0.2) is 29.3 Å². The highest BCUT2D eigenvalue weighted by Crippen LogP contribution is 2.57. The van der Waals surface area contributed by atoms with Crippen molar-refractivity contribution in [2.24, 2.45) is 22.7 Å². The summed E-state index contributed by atoms with van der Waals surface area (Å²) < 4.78 is 0. The van der Waals surface area contributed by atoms with E-state index in [-0.39, 0.29) is 29.9 Å². The predicted octanol–water partition coefficient (Wildman–Crippen LogP) is 6.71. The van der Waals surface area contributed by atoms with Gasteiger partial charge in [-0.3, -0.25) is 9.79 Å². The predicted molar refractivity (Wildman–Crippen MR) is 143 cm³/mol. The number of benzene rings is 1. The molecule has 33 heavy (non-hydrogen) atoms. The molecule has 4 aliphatic carbocycles. The topological polar surface area (TPSA) is 44.7 Å². The van der Waals surface area contributed by atoms with Crippen LogP contribution in [-0.4, -0.2) is 39.9 Å². The fourth-order valence-corrected chi connectivity index (χ4v) is 8.37. The van der Waals surface area contributed by atoms with E-state index in [4.69, 9.17) is 4.99 Å². The Morgan fingerprint density at radius 1 is 1.12 bits per heavy atom. The molecule has 0 spiro atoms. The van der Waals surface area contributed by atoms with Gasteiger partial charge in [0, 0.05) is 30.4 Å². The summed E-state index contributed by atoms with van der Waals surface area (Å²) in [6, 6.07) is 8.54. The van der Waals surface area contributed by atoms with Gasteiger partial charge in [-0.2, -0.15) is 0 Å². The fourth-order valence-electron chi connectivity index (χ4n) is 7.07. The Bertz CT molecular complexity index is 833. The summed E-state index contributed by atoms with van der Waals surface area (Å²) >= 11 is 1.90. The van der Waals surface area contributed by atoms with Gasteiger partial charge in [-0.25, -0.2) is 0 Å². The number of anilines is 1. The molecule has 4 nitrogen and oxygen atoms in total. The number of hydrogen-bond donors (Lipinski definition) is 1. The quantitative estimate of drug-likeness (QED) is 0.462. The zero-order chi connectivity index (χ0) is 22.3. The lowest BCUT2D eigenvalue weighted by atomic mass is 9.53. The second kappa shape index (κ2) is 10.2. The normalized spacial score (nSPS) is 33.6. The summed E-state index contributed by atoms with van der Waals surface area (Å²) in [5.41, 5.74) is 2.41. The Balaban J connectivity index is 0.00000259. The first kappa shape index (κ1) is 24.9. The van der Waals surface area contributed by atoms with Crippen molar-refractivity contribution in [1.29, 1.82) is 0 Å². The molecular weight excluding hydrogens is 450 g/mol. The van der Waals surface area contributed by atoms with E-state index in [0.717, 1.165) is 42.2 Å². The van der Waals surface area contributed by atoms with Gasteiger partial charge >= 0.3 is 0 Å². The highest BCUT2D eigenvalue weighted by Gasteiger charge is 2.51. The highest BCUT2D eigenvalue weighted by atomic mass is 35.5. The van der Waals surface area contributed by atoms with Crippen LogP contribution in [0.5, 0.6) is 0 Å². The van der Waals surface area contributed by atoms with E-state index in [1.807, 2.05) is 23.9 Å². The van der Waals surface area contributed by atoms with Crippen molar-refractivity contribution < 1.29 is 4.79 Å². The zero-order valence-electron chi connectivity index (χ0n) is 20.4. The summed E-state index contributed by atoms with van der Waals surface area (Å²) in [4.78, 5) is 20.8. The van der Waals surface area contributed by atoms with E-state index in [1.54, 1.807) is 0 Å². The van der Waals surface area contributed by atoms with Crippen LogP contribution >= 0.6 is 24.2 Å². The minimum absolute atomic E-state index is 0. The molecule has 1 heterocycles. The van der Waals surface area contributed by atoms with Crippen LogP contribution < -0.4 is 5.32 Å². The van der Waals surface area contributed by atoms with E-state index < -0.39 is 0 Å². The average Bonchev–Trinajstić information content (AvgIpc) is 3.08. The van der Waals surface area contributed by atoms with Gasteiger partial charge in [0.2, 0.25) is 5.91 Å². The first-order valence-electron chi connectivity index (χ1n) is 12.8. The molecular formula is C27H40ClN3OS. The number of hydrogen-bond acceptors (Lipinski definition) is 3. The summed E-state index contributed by atoms with van der Waals surface area (Å²) in [5, 5.41) is 4.35. The molecule has 6 heteroatoms.